The Kier molecular flexibility index (Phi) is 5.27. The monoisotopic (exact) mass is 338 g/mol. The maximum Gasteiger partial charge on any atom is 0.0281 e. The van der Waals surface area contributed by atoms with Crippen molar-refractivity contribution < 1.29 is 0 Å². The van der Waals surface area contributed by atoms with Gasteiger partial charge in [0.05, 0.1) is 0 Å². The lowest BCUT2D eigenvalue weighted by Crippen LogP contribution is -2.61. The van der Waals surface area contributed by atoms with Crippen molar-refractivity contribution in [2.24, 2.45) is 5.92 Å². The normalized spacial score (nSPS) is 23.2. The van der Waals surface area contributed by atoms with E-state index in [9.17, 15) is 0 Å². The van der Waals surface area contributed by atoms with E-state index in [0.29, 0.717) is 6.04 Å². The first-order chi connectivity index (χ1) is 9.38. The molecule has 2 nitrogen and oxygen atoms in total. The number of benzene rings is 1. The number of halogens is 1. The highest BCUT2D eigenvalue weighted by molar-refractivity contribution is 9.10. The van der Waals surface area contributed by atoms with E-state index in [1.807, 2.05) is 0 Å². The Morgan fingerprint density at radius 2 is 2.05 bits per heavy atom. The molecule has 0 saturated carbocycles. The molecule has 0 aliphatic carbocycles. The molecule has 0 bridgehead atoms. The summed E-state index contributed by atoms with van der Waals surface area (Å²) < 4.78 is 1.22. The maximum atomic E-state index is 3.72. The van der Waals surface area contributed by atoms with E-state index >= 15 is 0 Å². The lowest BCUT2D eigenvalue weighted by molar-refractivity contribution is 0.0534. The Hall–Kier alpha value is -0.380. The smallest absolute Gasteiger partial charge is 0.0281 e. The lowest BCUT2D eigenvalue weighted by atomic mass is 9.93. The molecular formula is C17H27BrN2. The standard InChI is InChI=1S/C17H27BrN2/c1-13(2)9-15-11-20(17(3,4)12-19-15)10-14-7-5-6-8-16(14)18/h5-8,13,15,19H,9-12H2,1-4H3. The number of hydrogen-bond donors (Lipinski definition) is 1. The van der Waals surface area contributed by atoms with Crippen LogP contribution in [0.25, 0.3) is 0 Å². The second-order valence-electron chi connectivity index (χ2n) is 6.99. The minimum atomic E-state index is 0.211. The zero-order valence-corrected chi connectivity index (χ0v) is 14.7. The molecule has 1 saturated heterocycles. The van der Waals surface area contributed by atoms with Crippen LogP contribution in [0.5, 0.6) is 0 Å². The molecule has 1 aromatic rings. The van der Waals surface area contributed by atoms with E-state index in [-0.39, 0.29) is 5.54 Å². The SMILES string of the molecule is CC(C)CC1CN(Cc2ccccc2Br)C(C)(C)CN1. The van der Waals surface area contributed by atoms with Gasteiger partial charge in [0, 0.05) is 35.7 Å². The van der Waals surface area contributed by atoms with E-state index in [2.05, 4.69) is 78.1 Å². The highest BCUT2D eigenvalue weighted by atomic mass is 79.9. The lowest BCUT2D eigenvalue weighted by Gasteiger charge is -2.46. The predicted molar refractivity (Wildman–Crippen MR) is 89.9 cm³/mol. The average molecular weight is 339 g/mol. The van der Waals surface area contributed by atoms with Crippen molar-refractivity contribution in [2.75, 3.05) is 13.1 Å². The van der Waals surface area contributed by atoms with Gasteiger partial charge < -0.3 is 5.32 Å². The van der Waals surface area contributed by atoms with Crippen LogP contribution in [0.15, 0.2) is 28.7 Å². The van der Waals surface area contributed by atoms with Crippen LogP contribution in [0, 0.1) is 5.92 Å². The molecule has 3 heteroatoms. The summed E-state index contributed by atoms with van der Waals surface area (Å²) >= 11 is 3.67. The molecule has 1 N–H and O–H groups in total. The number of hydrogen-bond acceptors (Lipinski definition) is 2. The van der Waals surface area contributed by atoms with Crippen molar-refractivity contribution in [3.8, 4) is 0 Å². The fourth-order valence-electron chi connectivity index (χ4n) is 2.92. The van der Waals surface area contributed by atoms with E-state index in [1.165, 1.54) is 16.5 Å². The summed E-state index contributed by atoms with van der Waals surface area (Å²) in [5.74, 6) is 0.749. The molecule has 1 fully saturated rings. The Balaban J connectivity index is 2.08. The van der Waals surface area contributed by atoms with Gasteiger partial charge in [-0.05, 0) is 37.8 Å². The van der Waals surface area contributed by atoms with Crippen molar-refractivity contribution in [3.63, 3.8) is 0 Å². The zero-order valence-electron chi connectivity index (χ0n) is 13.1. The first kappa shape index (κ1) is 16.0. The summed E-state index contributed by atoms with van der Waals surface area (Å²) in [6, 6.07) is 9.18. The first-order valence-electron chi connectivity index (χ1n) is 7.60. The highest BCUT2D eigenvalue weighted by Crippen LogP contribution is 2.26. The van der Waals surface area contributed by atoms with Crippen LogP contribution < -0.4 is 5.32 Å². The Morgan fingerprint density at radius 1 is 1.35 bits per heavy atom. The van der Waals surface area contributed by atoms with Gasteiger partial charge in [0.1, 0.15) is 0 Å². The Morgan fingerprint density at radius 3 is 2.70 bits per heavy atom. The van der Waals surface area contributed by atoms with E-state index in [4.69, 9.17) is 0 Å². The van der Waals surface area contributed by atoms with Crippen LogP contribution in [0.1, 0.15) is 39.7 Å². The molecule has 0 aromatic heterocycles. The molecule has 1 atom stereocenters. The van der Waals surface area contributed by atoms with Gasteiger partial charge in [-0.2, -0.15) is 0 Å². The molecule has 112 valence electrons. The van der Waals surface area contributed by atoms with Gasteiger partial charge in [-0.25, -0.2) is 0 Å². The largest absolute Gasteiger partial charge is 0.311 e. The summed E-state index contributed by atoms with van der Waals surface area (Å²) in [5.41, 5.74) is 1.59. The third-order valence-electron chi connectivity index (χ3n) is 4.20. The topological polar surface area (TPSA) is 15.3 Å². The minimum Gasteiger partial charge on any atom is -0.311 e. The molecule has 1 heterocycles. The van der Waals surface area contributed by atoms with Gasteiger partial charge in [-0.3, -0.25) is 4.90 Å². The van der Waals surface area contributed by atoms with Gasteiger partial charge >= 0.3 is 0 Å². The minimum absolute atomic E-state index is 0.211. The van der Waals surface area contributed by atoms with Crippen molar-refractivity contribution in [1.82, 2.24) is 10.2 Å². The van der Waals surface area contributed by atoms with E-state index in [1.54, 1.807) is 0 Å². The fourth-order valence-corrected chi connectivity index (χ4v) is 3.33. The molecule has 1 unspecified atom stereocenters. The third kappa shape index (κ3) is 4.06. The van der Waals surface area contributed by atoms with E-state index < -0.39 is 0 Å². The molecule has 0 radical (unpaired) electrons. The molecule has 2 rings (SSSR count). The summed E-state index contributed by atoms with van der Waals surface area (Å²) in [4.78, 5) is 2.62. The first-order valence-corrected chi connectivity index (χ1v) is 8.39. The van der Waals surface area contributed by atoms with Crippen molar-refractivity contribution in [2.45, 2.75) is 52.2 Å². The van der Waals surface area contributed by atoms with Crippen LogP contribution in [0.2, 0.25) is 0 Å². The molecular weight excluding hydrogens is 312 g/mol. The average Bonchev–Trinajstić information content (AvgIpc) is 2.36. The van der Waals surface area contributed by atoms with Crippen molar-refractivity contribution >= 4 is 15.9 Å². The maximum absolute atomic E-state index is 3.72. The molecule has 1 aromatic carbocycles. The highest BCUT2D eigenvalue weighted by Gasteiger charge is 2.34. The number of rotatable bonds is 4. The summed E-state index contributed by atoms with van der Waals surface area (Å²) in [6.07, 6.45) is 1.25. The van der Waals surface area contributed by atoms with Gasteiger partial charge in [0.15, 0.2) is 0 Å². The number of piperazine rings is 1. The predicted octanol–water partition coefficient (Wildman–Crippen LogP) is 4.05. The molecule has 0 amide bonds. The third-order valence-corrected chi connectivity index (χ3v) is 4.97. The zero-order chi connectivity index (χ0) is 14.8. The van der Waals surface area contributed by atoms with Gasteiger partial charge in [0.2, 0.25) is 0 Å². The van der Waals surface area contributed by atoms with Crippen molar-refractivity contribution in [3.05, 3.63) is 34.3 Å². The molecule has 0 spiro atoms. The Labute approximate surface area is 132 Å². The fraction of sp³-hybridized carbons (Fsp3) is 0.647. The summed E-state index contributed by atoms with van der Waals surface area (Å²) in [7, 11) is 0. The van der Waals surface area contributed by atoms with Crippen LogP contribution >= 0.6 is 15.9 Å². The number of nitrogens with zero attached hydrogens (tertiary/aromatic N) is 1. The van der Waals surface area contributed by atoms with Crippen LogP contribution in [0.4, 0.5) is 0 Å². The second-order valence-corrected chi connectivity index (χ2v) is 7.85. The molecule has 1 aliphatic rings. The number of nitrogens with one attached hydrogen (secondary N) is 1. The van der Waals surface area contributed by atoms with Gasteiger partial charge in [0.25, 0.3) is 0 Å². The quantitative estimate of drug-likeness (QED) is 0.890. The Bertz CT molecular complexity index is 442. The molecule has 1 aliphatic heterocycles. The van der Waals surface area contributed by atoms with E-state index in [0.717, 1.165) is 25.6 Å². The summed E-state index contributed by atoms with van der Waals surface area (Å²) in [6.45, 7) is 12.5. The summed E-state index contributed by atoms with van der Waals surface area (Å²) in [5, 5.41) is 3.72. The van der Waals surface area contributed by atoms with Crippen LogP contribution in [-0.4, -0.2) is 29.6 Å². The second kappa shape index (κ2) is 6.59. The van der Waals surface area contributed by atoms with Crippen LogP contribution in [0.3, 0.4) is 0 Å². The van der Waals surface area contributed by atoms with Gasteiger partial charge in [-0.1, -0.05) is 48.0 Å². The van der Waals surface area contributed by atoms with Gasteiger partial charge in [-0.15, -0.1) is 0 Å². The van der Waals surface area contributed by atoms with Crippen molar-refractivity contribution in [1.29, 1.82) is 0 Å². The van der Waals surface area contributed by atoms with Crippen LogP contribution in [-0.2, 0) is 6.54 Å². The molecule has 20 heavy (non-hydrogen) atoms.